The molecule has 1 N–H and O–H groups in total. The topological polar surface area (TPSA) is 29.1 Å². The molecule has 0 atom stereocenters. The van der Waals surface area contributed by atoms with Crippen molar-refractivity contribution >= 4 is 28.8 Å². The van der Waals surface area contributed by atoms with Gasteiger partial charge in [-0.25, -0.2) is 0 Å². The lowest BCUT2D eigenvalue weighted by atomic mass is 10.2. The van der Waals surface area contributed by atoms with E-state index in [2.05, 4.69) is 5.32 Å². The van der Waals surface area contributed by atoms with Crippen LogP contribution in [0.4, 0.5) is 0 Å². The highest BCUT2D eigenvalue weighted by Gasteiger charge is 2.10. The third-order valence-electron chi connectivity index (χ3n) is 3.23. The predicted octanol–water partition coefficient (Wildman–Crippen LogP) is 5.00. The molecule has 0 fully saturated rings. The second kappa shape index (κ2) is 6.77. The van der Waals surface area contributed by atoms with Crippen LogP contribution in [0, 0.1) is 0 Å². The summed E-state index contributed by atoms with van der Waals surface area (Å²) in [4.78, 5) is 13.9. The molecule has 0 spiro atoms. The van der Waals surface area contributed by atoms with E-state index in [4.69, 9.17) is 11.6 Å². The summed E-state index contributed by atoms with van der Waals surface area (Å²) < 4.78 is 0. The summed E-state index contributed by atoms with van der Waals surface area (Å²) in [6.07, 6.45) is 0. The number of nitrogens with one attached hydrogen (secondary N) is 1. The van der Waals surface area contributed by atoms with Crippen molar-refractivity contribution in [3.05, 3.63) is 82.2 Å². The van der Waals surface area contributed by atoms with Crippen molar-refractivity contribution in [2.45, 2.75) is 6.54 Å². The van der Waals surface area contributed by atoms with Gasteiger partial charge < -0.3 is 5.32 Å². The summed E-state index contributed by atoms with van der Waals surface area (Å²) in [5.74, 6) is -0.0536. The van der Waals surface area contributed by atoms with Crippen LogP contribution in [-0.2, 0) is 6.54 Å². The minimum absolute atomic E-state index is 0.0536. The zero-order valence-corrected chi connectivity index (χ0v) is 13.3. The number of carbonyl (C=O) groups excluding carboxylic acids is 1. The Balaban J connectivity index is 1.69. The number of hydrogen-bond acceptors (Lipinski definition) is 2. The molecular formula is C18H14ClNOS. The molecule has 2 nitrogen and oxygen atoms in total. The fourth-order valence-electron chi connectivity index (χ4n) is 2.12. The van der Waals surface area contributed by atoms with Crippen LogP contribution >= 0.6 is 22.9 Å². The molecule has 1 heterocycles. The number of amides is 1. The quantitative estimate of drug-likeness (QED) is 0.718. The molecule has 1 amide bonds. The van der Waals surface area contributed by atoms with Crippen LogP contribution in [0.2, 0.25) is 5.02 Å². The standard InChI is InChI=1S/C18H14ClNOS/c19-15-8-4-7-14(11-15)16-9-10-17(22-16)18(21)20-12-13-5-2-1-3-6-13/h1-11H,12H2,(H,20,21). The van der Waals surface area contributed by atoms with Gasteiger partial charge in [-0.2, -0.15) is 0 Å². The first kappa shape index (κ1) is 14.8. The van der Waals surface area contributed by atoms with Gasteiger partial charge in [-0.3, -0.25) is 4.79 Å². The van der Waals surface area contributed by atoms with E-state index >= 15 is 0 Å². The summed E-state index contributed by atoms with van der Waals surface area (Å²) in [7, 11) is 0. The van der Waals surface area contributed by atoms with Crippen LogP contribution in [0.3, 0.4) is 0 Å². The molecule has 3 aromatic rings. The summed E-state index contributed by atoms with van der Waals surface area (Å²) in [5, 5.41) is 3.63. The first-order valence-electron chi connectivity index (χ1n) is 6.90. The molecule has 0 radical (unpaired) electrons. The van der Waals surface area contributed by atoms with Crippen LogP contribution in [0.25, 0.3) is 10.4 Å². The van der Waals surface area contributed by atoms with Gasteiger partial charge in [0, 0.05) is 16.4 Å². The van der Waals surface area contributed by atoms with Gasteiger partial charge in [0.1, 0.15) is 0 Å². The van der Waals surface area contributed by atoms with Crippen molar-refractivity contribution in [2.24, 2.45) is 0 Å². The SMILES string of the molecule is O=C(NCc1ccccc1)c1ccc(-c2cccc(Cl)c2)s1. The Labute approximate surface area is 138 Å². The number of hydrogen-bond donors (Lipinski definition) is 1. The van der Waals surface area contributed by atoms with Crippen molar-refractivity contribution < 1.29 is 4.79 Å². The van der Waals surface area contributed by atoms with Crippen LogP contribution < -0.4 is 5.32 Å². The second-order valence-corrected chi connectivity index (χ2v) is 6.36. The number of carbonyl (C=O) groups is 1. The molecule has 22 heavy (non-hydrogen) atoms. The summed E-state index contributed by atoms with van der Waals surface area (Å²) >= 11 is 7.47. The van der Waals surface area contributed by atoms with E-state index < -0.39 is 0 Å². The van der Waals surface area contributed by atoms with Gasteiger partial charge in [0.05, 0.1) is 4.88 Å². The predicted molar refractivity (Wildman–Crippen MR) is 92.4 cm³/mol. The van der Waals surface area contributed by atoms with Gasteiger partial charge >= 0.3 is 0 Å². The third kappa shape index (κ3) is 3.56. The number of thiophene rings is 1. The normalized spacial score (nSPS) is 10.4. The lowest BCUT2D eigenvalue weighted by Crippen LogP contribution is -2.21. The second-order valence-electron chi connectivity index (χ2n) is 4.84. The molecule has 0 aliphatic heterocycles. The largest absolute Gasteiger partial charge is 0.347 e. The average molecular weight is 328 g/mol. The monoisotopic (exact) mass is 327 g/mol. The number of benzene rings is 2. The van der Waals surface area contributed by atoms with Gasteiger partial charge in [-0.15, -0.1) is 11.3 Å². The van der Waals surface area contributed by atoms with E-state index in [9.17, 15) is 4.79 Å². The highest BCUT2D eigenvalue weighted by Crippen LogP contribution is 2.29. The summed E-state index contributed by atoms with van der Waals surface area (Å²) in [6, 6.07) is 21.3. The Morgan fingerprint density at radius 3 is 2.59 bits per heavy atom. The van der Waals surface area contributed by atoms with Crippen molar-refractivity contribution in [1.29, 1.82) is 0 Å². The summed E-state index contributed by atoms with van der Waals surface area (Å²) in [6.45, 7) is 0.532. The van der Waals surface area contributed by atoms with Crippen LogP contribution in [0.15, 0.2) is 66.7 Å². The highest BCUT2D eigenvalue weighted by molar-refractivity contribution is 7.17. The zero-order chi connectivity index (χ0) is 15.4. The van der Waals surface area contributed by atoms with E-state index in [0.29, 0.717) is 16.4 Å². The Kier molecular flexibility index (Phi) is 4.56. The highest BCUT2D eigenvalue weighted by atomic mass is 35.5. The Morgan fingerprint density at radius 2 is 1.82 bits per heavy atom. The smallest absolute Gasteiger partial charge is 0.261 e. The van der Waals surface area contributed by atoms with E-state index in [1.165, 1.54) is 11.3 Å². The van der Waals surface area contributed by atoms with E-state index in [1.807, 2.05) is 66.7 Å². The van der Waals surface area contributed by atoms with E-state index in [-0.39, 0.29) is 5.91 Å². The maximum atomic E-state index is 12.2. The van der Waals surface area contributed by atoms with Crippen LogP contribution in [0.5, 0.6) is 0 Å². The molecule has 0 saturated heterocycles. The molecule has 3 rings (SSSR count). The maximum Gasteiger partial charge on any atom is 0.261 e. The molecule has 2 aromatic carbocycles. The van der Waals surface area contributed by atoms with Gasteiger partial charge in [-0.05, 0) is 35.4 Å². The fraction of sp³-hybridized carbons (Fsp3) is 0.0556. The molecule has 0 aliphatic rings. The Morgan fingerprint density at radius 1 is 1.00 bits per heavy atom. The summed E-state index contributed by atoms with van der Waals surface area (Å²) in [5.41, 5.74) is 2.11. The first-order chi connectivity index (χ1) is 10.7. The molecule has 0 saturated carbocycles. The number of halogens is 1. The van der Waals surface area contributed by atoms with Crippen molar-refractivity contribution in [3.63, 3.8) is 0 Å². The van der Waals surface area contributed by atoms with Crippen molar-refractivity contribution in [1.82, 2.24) is 5.32 Å². The van der Waals surface area contributed by atoms with Gasteiger partial charge in [0.2, 0.25) is 0 Å². The molecule has 0 aliphatic carbocycles. The van der Waals surface area contributed by atoms with E-state index in [0.717, 1.165) is 16.0 Å². The minimum atomic E-state index is -0.0536. The Bertz CT molecular complexity index is 783. The molecule has 1 aromatic heterocycles. The maximum absolute atomic E-state index is 12.2. The Hall–Kier alpha value is -2.10. The molecular weight excluding hydrogens is 314 g/mol. The van der Waals surface area contributed by atoms with Crippen LogP contribution in [-0.4, -0.2) is 5.91 Å². The lowest BCUT2D eigenvalue weighted by Gasteiger charge is -2.03. The van der Waals surface area contributed by atoms with Gasteiger partial charge in [0.15, 0.2) is 0 Å². The fourth-order valence-corrected chi connectivity index (χ4v) is 3.23. The van der Waals surface area contributed by atoms with Gasteiger partial charge in [-0.1, -0.05) is 54.1 Å². The van der Waals surface area contributed by atoms with Gasteiger partial charge in [0.25, 0.3) is 5.91 Å². The van der Waals surface area contributed by atoms with E-state index in [1.54, 1.807) is 0 Å². The molecule has 0 bridgehead atoms. The molecule has 0 unspecified atom stereocenters. The van der Waals surface area contributed by atoms with Crippen molar-refractivity contribution in [3.8, 4) is 10.4 Å². The van der Waals surface area contributed by atoms with Crippen molar-refractivity contribution in [2.75, 3.05) is 0 Å². The molecule has 110 valence electrons. The van der Waals surface area contributed by atoms with Crippen LogP contribution in [0.1, 0.15) is 15.2 Å². The molecule has 4 heteroatoms. The third-order valence-corrected chi connectivity index (χ3v) is 4.60. The average Bonchev–Trinajstić information content (AvgIpc) is 3.04. The minimum Gasteiger partial charge on any atom is -0.347 e. The number of rotatable bonds is 4. The zero-order valence-electron chi connectivity index (χ0n) is 11.8. The first-order valence-corrected chi connectivity index (χ1v) is 8.10. The lowest BCUT2D eigenvalue weighted by molar-refractivity contribution is 0.0955.